The highest BCUT2D eigenvalue weighted by Gasteiger charge is 2.19. The van der Waals surface area contributed by atoms with Gasteiger partial charge in [0.1, 0.15) is 6.61 Å². The number of nitrogens with two attached hydrogens (primary N) is 1. The number of aliphatic hydroxyl groups is 2. The maximum absolute atomic E-state index is 12.1. The lowest BCUT2D eigenvalue weighted by atomic mass is 9.95. The van der Waals surface area contributed by atoms with Crippen molar-refractivity contribution in [1.82, 2.24) is 5.32 Å². The van der Waals surface area contributed by atoms with E-state index in [4.69, 9.17) is 15.6 Å². The van der Waals surface area contributed by atoms with E-state index in [9.17, 15) is 9.90 Å². The molecule has 7 heteroatoms. The van der Waals surface area contributed by atoms with Crippen molar-refractivity contribution in [2.45, 2.75) is 90.2 Å². The summed E-state index contributed by atoms with van der Waals surface area (Å²) >= 11 is 0. The van der Waals surface area contributed by atoms with Crippen LogP contribution in [0.5, 0.6) is 0 Å². The Kier molecular flexibility index (Phi) is 17.2. The van der Waals surface area contributed by atoms with Crippen molar-refractivity contribution in [2.24, 2.45) is 16.6 Å². The third-order valence-electron chi connectivity index (χ3n) is 5.54. The Morgan fingerprint density at radius 1 is 1.06 bits per heavy atom. The summed E-state index contributed by atoms with van der Waals surface area (Å²) in [6, 6.07) is 9.01. The van der Waals surface area contributed by atoms with Gasteiger partial charge < -0.3 is 20.7 Å². The molecule has 0 unspecified atom stereocenters. The number of alkyl carbamates (subject to hydrolysis) is 1. The minimum atomic E-state index is -0.682. The minimum Gasteiger partial charge on any atom is -0.444 e. The summed E-state index contributed by atoms with van der Waals surface area (Å²) in [6.07, 6.45) is 11.2. The van der Waals surface area contributed by atoms with Crippen LogP contribution in [0.2, 0.25) is 0 Å². The second kappa shape index (κ2) is 19.9. The lowest BCUT2D eigenvalue weighted by molar-refractivity contribution is 0.145. The van der Waals surface area contributed by atoms with E-state index in [0.29, 0.717) is 12.8 Å². The molecule has 0 bridgehead atoms. The zero-order valence-corrected chi connectivity index (χ0v) is 20.7. The number of ether oxygens (including phenoxy) is 1. The summed E-state index contributed by atoms with van der Waals surface area (Å²) < 4.78 is 5.19. The van der Waals surface area contributed by atoms with E-state index in [0.717, 1.165) is 18.4 Å². The lowest BCUT2D eigenvalue weighted by Gasteiger charge is -2.19. The molecule has 0 aliphatic heterocycles. The molecule has 0 heterocycles. The fourth-order valence-corrected chi connectivity index (χ4v) is 3.62. The van der Waals surface area contributed by atoms with Gasteiger partial charge >= 0.3 is 6.09 Å². The van der Waals surface area contributed by atoms with Crippen molar-refractivity contribution in [3.63, 3.8) is 0 Å². The first-order valence-corrected chi connectivity index (χ1v) is 12.6. The summed E-state index contributed by atoms with van der Waals surface area (Å²) in [6.45, 7) is 2.15. The number of guanidine groups is 1. The van der Waals surface area contributed by atoms with Crippen LogP contribution in [0.3, 0.4) is 0 Å². The van der Waals surface area contributed by atoms with Crippen LogP contribution >= 0.6 is 0 Å². The number of aliphatic hydroxyl groups excluding tert-OH is 2. The van der Waals surface area contributed by atoms with Crippen molar-refractivity contribution in [3.05, 3.63) is 35.9 Å². The molecule has 2 atom stereocenters. The Morgan fingerprint density at radius 2 is 1.71 bits per heavy atom. The van der Waals surface area contributed by atoms with Crippen LogP contribution in [0.25, 0.3) is 0 Å². The molecule has 0 aromatic heterocycles. The fourth-order valence-electron chi connectivity index (χ4n) is 3.62. The van der Waals surface area contributed by atoms with Gasteiger partial charge in [-0.25, -0.2) is 9.79 Å². The first-order chi connectivity index (χ1) is 16.6. The van der Waals surface area contributed by atoms with E-state index in [1.54, 1.807) is 0 Å². The number of carbonyl (C=O) groups excluding carboxylic acids is 1. The lowest BCUT2D eigenvalue weighted by Crippen LogP contribution is -2.39. The van der Waals surface area contributed by atoms with Crippen molar-refractivity contribution < 1.29 is 19.7 Å². The molecule has 0 radical (unpaired) electrons. The van der Waals surface area contributed by atoms with E-state index in [1.165, 1.54) is 44.9 Å². The van der Waals surface area contributed by atoms with Gasteiger partial charge in [-0.2, -0.15) is 0 Å². The monoisotopic (exact) mass is 473 g/mol. The average Bonchev–Trinajstić information content (AvgIpc) is 2.84. The fraction of sp³-hybridized carbons (Fsp3) is 0.630. The van der Waals surface area contributed by atoms with Crippen molar-refractivity contribution >= 4 is 12.1 Å². The van der Waals surface area contributed by atoms with Crippen LogP contribution in [-0.2, 0) is 11.3 Å². The van der Waals surface area contributed by atoms with Crippen LogP contribution in [0, 0.1) is 17.8 Å². The molecule has 1 rings (SSSR count). The zero-order chi connectivity index (χ0) is 24.9. The Morgan fingerprint density at radius 3 is 2.32 bits per heavy atom. The molecule has 1 aromatic rings. The van der Waals surface area contributed by atoms with Crippen LogP contribution in [0.15, 0.2) is 35.3 Å². The first kappa shape index (κ1) is 29.5. The molecule has 34 heavy (non-hydrogen) atoms. The third kappa shape index (κ3) is 14.6. The van der Waals surface area contributed by atoms with Gasteiger partial charge in [-0.05, 0) is 12.0 Å². The summed E-state index contributed by atoms with van der Waals surface area (Å²) in [5.41, 5.74) is 6.84. The summed E-state index contributed by atoms with van der Waals surface area (Å²) in [5.74, 6) is 5.39. The van der Waals surface area contributed by atoms with E-state index in [1.807, 2.05) is 30.3 Å². The van der Waals surface area contributed by atoms with Crippen molar-refractivity contribution in [2.75, 3.05) is 13.2 Å². The number of aliphatic imine (C=N–C) groups is 1. The smallest absolute Gasteiger partial charge is 0.414 e. The number of nitrogens with zero attached hydrogens (tertiary/aromatic N) is 1. The standard InChI is InChI=1S/C27H43N3O4/c1-2-3-4-5-6-7-8-9-13-19-25(24(21-32)18-14-15-20-31)29-26(28)30-27(33)34-22-23-16-11-10-12-17-23/h10-12,16-17,24-25,31-32H,2-9,13,15,19-22H2,1H3,(H3,28,29,30,33)/t24-,25+/m1/s1. The maximum Gasteiger partial charge on any atom is 0.414 e. The minimum absolute atomic E-state index is 0.0334. The number of hydrogen-bond acceptors (Lipinski definition) is 5. The zero-order valence-electron chi connectivity index (χ0n) is 20.7. The third-order valence-corrected chi connectivity index (χ3v) is 5.54. The number of carbonyl (C=O) groups is 1. The topological polar surface area (TPSA) is 117 Å². The molecule has 0 aliphatic rings. The number of benzene rings is 1. The van der Waals surface area contributed by atoms with Crippen molar-refractivity contribution in [1.29, 1.82) is 0 Å². The largest absolute Gasteiger partial charge is 0.444 e. The van der Waals surface area contributed by atoms with Gasteiger partial charge in [0.15, 0.2) is 5.96 Å². The van der Waals surface area contributed by atoms with Crippen molar-refractivity contribution in [3.8, 4) is 11.8 Å². The predicted molar refractivity (Wildman–Crippen MR) is 137 cm³/mol. The van der Waals surface area contributed by atoms with Gasteiger partial charge in [-0.3, -0.25) is 5.32 Å². The molecule has 1 amide bonds. The van der Waals surface area contributed by atoms with Crippen LogP contribution in [0.4, 0.5) is 4.79 Å². The number of nitrogens with one attached hydrogen (secondary N) is 1. The van der Waals surface area contributed by atoms with Crippen LogP contribution in [-0.4, -0.2) is 41.5 Å². The number of rotatable bonds is 16. The Bertz CT molecular complexity index is 743. The molecule has 0 saturated carbocycles. The highest BCUT2D eigenvalue weighted by molar-refractivity contribution is 5.92. The summed E-state index contributed by atoms with van der Waals surface area (Å²) in [7, 11) is 0. The summed E-state index contributed by atoms with van der Waals surface area (Å²) in [4.78, 5) is 16.5. The quantitative estimate of drug-likeness (QED) is 0.122. The Balaban J connectivity index is 2.57. The molecule has 0 aliphatic carbocycles. The number of amides is 1. The first-order valence-electron chi connectivity index (χ1n) is 12.6. The molecule has 0 spiro atoms. The van der Waals surface area contributed by atoms with E-state index < -0.39 is 12.0 Å². The molecule has 7 nitrogen and oxygen atoms in total. The highest BCUT2D eigenvalue weighted by Crippen LogP contribution is 2.17. The molecular weight excluding hydrogens is 430 g/mol. The molecule has 1 aromatic carbocycles. The molecule has 0 saturated heterocycles. The Hall–Kier alpha value is -2.56. The highest BCUT2D eigenvalue weighted by atomic mass is 16.5. The number of unbranched alkanes of at least 4 members (excludes halogenated alkanes) is 8. The SMILES string of the molecule is CCCCCCCCCCC[C@H](N=C(N)NC(=O)OCc1ccccc1)[C@H](C#CCCO)CO. The Labute approximate surface area is 205 Å². The average molecular weight is 474 g/mol. The van der Waals surface area contributed by atoms with Crippen LogP contribution in [0.1, 0.15) is 83.1 Å². The van der Waals surface area contributed by atoms with Gasteiger partial charge in [0.05, 0.1) is 25.2 Å². The molecule has 5 N–H and O–H groups in total. The van der Waals surface area contributed by atoms with Gasteiger partial charge in [-0.1, -0.05) is 101 Å². The van der Waals surface area contributed by atoms with Gasteiger partial charge in [0.25, 0.3) is 0 Å². The normalized spacial score (nSPS) is 13.0. The number of hydrogen-bond donors (Lipinski definition) is 4. The molecular formula is C27H43N3O4. The second-order valence-corrected chi connectivity index (χ2v) is 8.47. The summed E-state index contributed by atoms with van der Waals surface area (Å²) in [5, 5.41) is 21.3. The molecule has 0 fully saturated rings. The van der Waals surface area contributed by atoms with E-state index in [-0.39, 0.29) is 31.8 Å². The second-order valence-electron chi connectivity index (χ2n) is 8.47. The van der Waals surface area contributed by atoms with Gasteiger partial charge in [0.2, 0.25) is 0 Å². The van der Waals surface area contributed by atoms with E-state index in [2.05, 4.69) is 29.1 Å². The van der Waals surface area contributed by atoms with Gasteiger partial charge in [-0.15, -0.1) is 5.92 Å². The van der Waals surface area contributed by atoms with Crippen LogP contribution < -0.4 is 11.1 Å². The van der Waals surface area contributed by atoms with E-state index >= 15 is 0 Å². The maximum atomic E-state index is 12.1. The predicted octanol–water partition coefficient (Wildman–Crippen LogP) is 4.51. The van der Waals surface area contributed by atoms with Gasteiger partial charge in [0, 0.05) is 6.42 Å². The molecule has 190 valence electrons.